The van der Waals surface area contributed by atoms with Crippen LogP contribution in [0.1, 0.15) is 30.9 Å². The topological polar surface area (TPSA) is 96.0 Å². The van der Waals surface area contributed by atoms with Crippen molar-refractivity contribution in [3.8, 4) is 5.75 Å². The van der Waals surface area contributed by atoms with E-state index in [2.05, 4.69) is 5.32 Å². The summed E-state index contributed by atoms with van der Waals surface area (Å²) in [6.07, 6.45) is 1.50. The number of hydrogen-bond donors (Lipinski definition) is 1. The van der Waals surface area contributed by atoms with Gasteiger partial charge in [-0.25, -0.2) is 8.42 Å². The van der Waals surface area contributed by atoms with Crippen molar-refractivity contribution < 1.29 is 22.7 Å². The molecule has 2 aromatic carbocycles. The zero-order chi connectivity index (χ0) is 24.6. The molecule has 33 heavy (non-hydrogen) atoms. The average molecular weight is 476 g/mol. The first-order chi connectivity index (χ1) is 15.6. The van der Waals surface area contributed by atoms with Gasteiger partial charge in [-0.15, -0.1) is 0 Å². The molecule has 2 rings (SSSR count). The van der Waals surface area contributed by atoms with Gasteiger partial charge in [0.25, 0.3) is 0 Å². The third-order valence-corrected chi connectivity index (χ3v) is 6.57. The minimum atomic E-state index is -3.59. The Morgan fingerprint density at radius 3 is 2.30 bits per heavy atom. The number of likely N-dealkylation sites (N-methyl/N-ethyl adjacent to an activating group) is 1. The lowest BCUT2D eigenvalue weighted by atomic mass is 10.1. The zero-order valence-corrected chi connectivity index (χ0v) is 20.7. The summed E-state index contributed by atoms with van der Waals surface area (Å²) >= 11 is 0. The molecule has 2 amide bonds. The summed E-state index contributed by atoms with van der Waals surface area (Å²) < 4.78 is 31.4. The molecule has 0 spiro atoms. The van der Waals surface area contributed by atoms with E-state index in [0.717, 1.165) is 17.4 Å². The minimum Gasteiger partial charge on any atom is -0.495 e. The van der Waals surface area contributed by atoms with Crippen LogP contribution in [0, 0.1) is 6.92 Å². The van der Waals surface area contributed by atoms with E-state index in [0.29, 0.717) is 11.4 Å². The molecule has 0 aliphatic rings. The minimum absolute atomic E-state index is 0.0916. The summed E-state index contributed by atoms with van der Waals surface area (Å²) in [6, 6.07) is 14.0. The van der Waals surface area contributed by atoms with E-state index in [1.54, 1.807) is 31.2 Å². The molecule has 0 fully saturated rings. The van der Waals surface area contributed by atoms with E-state index < -0.39 is 16.1 Å². The number of benzene rings is 2. The summed E-state index contributed by atoms with van der Waals surface area (Å²) in [5.74, 6) is -0.0501. The molecule has 1 N–H and O–H groups in total. The summed E-state index contributed by atoms with van der Waals surface area (Å²) in [6.45, 7) is 4.06. The quantitative estimate of drug-likeness (QED) is 0.539. The maximum Gasteiger partial charge on any atom is 0.242 e. The molecule has 0 bridgehead atoms. The van der Waals surface area contributed by atoms with Gasteiger partial charge in [-0.2, -0.15) is 0 Å². The van der Waals surface area contributed by atoms with Crippen LogP contribution in [0.5, 0.6) is 5.75 Å². The van der Waals surface area contributed by atoms with Gasteiger partial charge in [-0.3, -0.25) is 13.9 Å². The summed E-state index contributed by atoms with van der Waals surface area (Å²) in [5, 5.41) is 2.59. The monoisotopic (exact) mass is 475 g/mol. The van der Waals surface area contributed by atoms with Crippen molar-refractivity contribution in [1.82, 2.24) is 10.2 Å². The molecular formula is C24H33N3O5S. The second-order valence-electron chi connectivity index (χ2n) is 7.91. The molecule has 0 unspecified atom stereocenters. The Hall–Kier alpha value is -3.07. The standard InChI is InChI=1S/C24H33N3O5S/c1-18-12-14-20(15-13-18)17-26(19(2)24(29)25-3)23(28)11-8-16-27(33(5,30)31)21-9-6-7-10-22(21)32-4/h6-7,9-10,12-15,19H,8,11,16-17H2,1-5H3,(H,25,29)/t19-/m1/s1. The van der Waals surface area contributed by atoms with E-state index in [1.165, 1.54) is 23.4 Å². The predicted octanol–water partition coefficient (Wildman–Crippen LogP) is 2.71. The lowest BCUT2D eigenvalue weighted by Crippen LogP contribution is -2.46. The summed E-state index contributed by atoms with van der Waals surface area (Å²) in [4.78, 5) is 26.9. The van der Waals surface area contributed by atoms with Crippen molar-refractivity contribution in [2.24, 2.45) is 0 Å². The lowest BCUT2D eigenvalue weighted by Gasteiger charge is -2.29. The number of nitrogens with zero attached hydrogens (tertiary/aromatic N) is 2. The van der Waals surface area contributed by atoms with Crippen LogP contribution in [-0.2, 0) is 26.2 Å². The Labute approximate surface area is 196 Å². The molecule has 0 aliphatic carbocycles. The molecule has 0 heterocycles. The van der Waals surface area contributed by atoms with Crippen LogP contribution >= 0.6 is 0 Å². The Bertz CT molecular complexity index is 1050. The molecule has 9 heteroatoms. The first-order valence-electron chi connectivity index (χ1n) is 10.8. The first-order valence-corrected chi connectivity index (χ1v) is 12.6. The van der Waals surface area contributed by atoms with Crippen molar-refractivity contribution in [3.63, 3.8) is 0 Å². The van der Waals surface area contributed by atoms with Crippen LogP contribution in [0.25, 0.3) is 0 Å². The number of rotatable bonds is 11. The number of ether oxygens (including phenoxy) is 1. The van der Waals surface area contributed by atoms with Gasteiger partial charge in [0.2, 0.25) is 21.8 Å². The van der Waals surface area contributed by atoms with Gasteiger partial charge in [0, 0.05) is 26.6 Å². The second-order valence-corrected chi connectivity index (χ2v) is 9.81. The summed E-state index contributed by atoms with van der Waals surface area (Å²) in [7, 11) is -0.580. The number of carbonyl (C=O) groups excluding carboxylic acids is 2. The van der Waals surface area contributed by atoms with Crippen LogP contribution in [0.4, 0.5) is 5.69 Å². The van der Waals surface area contributed by atoms with Crippen molar-refractivity contribution in [2.75, 3.05) is 31.3 Å². The number of amides is 2. The van der Waals surface area contributed by atoms with Gasteiger partial charge in [-0.1, -0.05) is 42.0 Å². The van der Waals surface area contributed by atoms with Crippen molar-refractivity contribution in [2.45, 2.75) is 39.3 Å². The Morgan fingerprint density at radius 2 is 1.73 bits per heavy atom. The highest BCUT2D eigenvalue weighted by atomic mass is 32.2. The molecular weight excluding hydrogens is 442 g/mol. The molecule has 1 atom stereocenters. The maximum absolute atomic E-state index is 13.1. The number of anilines is 1. The van der Waals surface area contributed by atoms with Crippen LogP contribution in [0.15, 0.2) is 48.5 Å². The molecule has 0 saturated carbocycles. The van der Waals surface area contributed by atoms with Gasteiger partial charge >= 0.3 is 0 Å². The van der Waals surface area contributed by atoms with Gasteiger partial charge in [0.05, 0.1) is 19.1 Å². The van der Waals surface area contributed by atoms with Gasteiger partial charge in [0.1, 0.15) is 11.8 Å². The Morgan fingerprint density at radius 1 is 1.09 bits per heavy atom. The van der Waals surface area contributed by atoms with Crippen LogP contribution in [0.2, 0.25) is 0 Å². The highest BCUT2D eigenvalue weighted by Crippen LogP contribution is 2.29. The van der Waals surface area contributed by atoms with Crippen molar-refractivity contribution in [3.05, 3.63) is 59.7 Å². The van der Waals surface area contributed by atoms with E-state index >= 15 is 0 Å². The van der Waals surface area contributed by atoms with E-state index in [4.69, 9.17) is 4.74 Å². The number of aryl methyl sites for hydroxylation is 1. The van der Waals surface area contributed by atoms with E-state index in [-0.39, 0.29) is 37.7 Å². The molecule has 0 radical (unpaired) electrons. The fourth-order valence-electron chi connectivity index (χ4n) is 3.50. The Balaban J connectivity index is 2.16. The van der Waals surface area contributed by atoms with Crippen LogP contribution < -0.4 is 14.4 Å². The van der Waals surface area contributed by atoms with Gasteiger partial charge < -0.3 is 15.0 Å². The average Bonchev–Trinajstić information content (AvgIpc) is 2.79. The highest BCUT2D eigenvalue weighted by molar-refractivity contribution is 7.92. The normalized spacial score (nSPS) is 12.0. The van der Waals surface area contributed by atoms with Crippen LogP contribution in [-0.4, -0.2) is 58.1 Å². The number of methoxy groups -OCH3 is 1. The van der Waals surface area contributed by atoms with Crippen LogP contribution in [0.3, 0.4) is 0 Å². The van der Waals surface area contributed by atoms with Crippen molar-refractivity contribution in [1.29, 1.82) is 0 Å². The van der Waals surface area contributed by atoms with Gasteiger partial charge in [-0.05, 0) is 38.0 Å². The third kappa shape index (κ3) is 7.21. The number of nitrogens with one attached hydrogen (secondary N) is 1. The van der Waals surface area contributed by atoms with Crippen molar-refractivity contribution >= 4 is 27.5 Å². The molecule has 0 aromatic heterocycles. The molecule has 2 aromatic rings. The number of carbonyl (C=O) groups is 2. The number of para-hydroxylation sites is 2. The largest absolute Gasteiger partial charge is 0.495 e. The molecule has 8 nitrogen and oxygen atoms in total. The smallest absolute Gasteiger partial charge is 0.242 e. The molecule has 0 aliphatic heterocycles. The van der Waals surface area contributed by atoms with E-state index in [1.807, 2.05) is 31.2 Å². The van der Waals surface area contributed by atoms with Gasteiger partial charge in [0.15, 0.2) is 0 Å². The number of hydrogen-bond acceptors (Lipinski definition) is 5. The summed E-state index contributed by atoms with van der Waals surface area (Å²) in [5.41, 5.74) is 2.44. The fourth-order valence-corrected chi connectivity index (χ4v) is 4.47. The molecule has 180 valence electrons. The lowest BCUT2D eigenvalue weighted by molar-refractivity contribution is -0.140. The third-order valence-electron chi connectivity index (χ3n) is 5.39. The number of sulfonamides is 1. The molecule has 0 saturated heterocycles. The van der Waals surface area contributed by atoms with E-state index in [9.17, 15) is 18.0 Å². The fraction of sp³-hybridized carbons (Fsp3) is 0.417. The highest BCUT2D eigenvalue weighted by Gasteiger charge is 2.26. The SMILES string of the molecule is CNC(=O)[C@@H](C)N(Cc1ccc(C)cc1)C(=O)CCCN(c1ccccc1OC)S(C)(=O)=O. The first kappa shape index (κ1) is 26.2. The maximum atomic E-state index is 13.1. The second kappa shape index (κ2) is 11.7. The Kier molecular flexibility index (Phi) is 9.28. The predicted molar refractivity (Wildman–Crippen MR) is 130 cm³/mol. The zero-order valence-electron chi connectivity index (χ0n) is 19.9.